The first-order valence-electron chi connectivity index (χ1n) is 3.88. The molecule has 0 saturated carbocycles. The Morgan fingerprint density at radius 1 is 1.54 bits per heavy atom. The molecular formula is C9H12FNO2. The summed E-state index contributed by atoms with van der Waals surface area (Å²) in [5, 5.41) is 9.65. The van der Waals surface area contributed by atoms with Gasteiger partial charge in [0, 0.05) is 11.8 Å². The third-order valence-corrected chi connectivity index (χ3v) is 1.72. The van der Waals surface area contributed by atoms with E-state index in [0.717, 1.165) is 0 Å². The molecule has 1 aromatic rings. The Morgan fingerprint density at radius 3 is 2.54 bits per heavy atom. The van der Waals surface area contributed by atoms with Crippen molar-refractivity contribution in [3.63, 3.8) is 0 Å². The van der Waals surface area contributed by atoms with Crippen LogP contribution in [0.3, 0.4) is 0 Å². The number of hydrogen-bond donors (Lipinski definition) is 1. The summed E-state index contributed by atoms with van der Waals surface area (Å²) >= 11 is 0. The SMILES string of the molecule is COc1c(C(C)(C)O)ccnc1F. The molecule has 0 spiro atoms. The van der Waals surface area contributed by atoms with E-state index in [1.54, 1.807) is 13.8 Å². The van der Waals surface area contributed by atoms with Gasteiger partial charge in [0.25, 0.3) is 5.95 Å². The number of nitrogens with zero attached hydrogens (tertiary/aromatic N) is 1. The van der Waals surface area contributed by atoms with Crippen LogP contribution in [0.15, 0.2) is 12.3 Å². The molecule has 0 fully saturated rings. The molecule has 13 heavy (non-hydrogen) atoms. The first-order chi connectivity index (χ1) is 5.96. The molecule has 0 unspecified atom stereocenters. The third-order valence-electron chi connectivity index (χ3n) is 1.72. The Hall–Kier alpha value is -1.16. The number of rotatable bonds is 2. The zero-order valence-corrected chi connectivity index (χ0v) is 7.84. The predicted octanol–water partition coefficient (Wildman–Crippen LogP) is 1.46. The van der Waals surface area contributed by atoms with E-state index in [9.17, 15) is 9.50 Å². The van der Waals surface area contributed by atoms with E-state index < -0.39 is 11.5 Å². The van der Waals surface area contributed by atoms with Crippen molar-refractivity contribution in [3.05, 3.63) is 23.8 Å². The molecule has 1 N–H and O–H groups in total. The lowest BCUT2D eigenvalue weighted by Crippen LogP contribution is -2.17. The topological polar surface area (TPSA) is 42.4 Å². The largest absolute Gasteiger partial charge is 0.492 e. The maximum absolute atomic E-state index is 13.0. The average Bonchev–Trinajstić information content (AvgIpc) is 2.02. The second-order valence-electron chi connectivity index (χ2n) is 3.24. The van der Waals surface area contributed by atoms with Crippen LogP contribution in [-0.4, -0.2) is 17.2 Å². The molecule has 3 nitrogen and oxygen atoms in total. The van der Waals surface area contributed by atoms with Crippen molar-refractivity contribution in [1.29, 1.82) is 0 Å². The van der Waals surface area contributed by atoms with Crippen molar-refractivity contribution in [2.24, 2.45) is 0 Å². The molecule has 1 rings (SSSR count). The lowest BCUT2D eigenvalue weighted by atomic mass is 9.99. The molecular weight excluding hydrogens is 173 g/mol. The first-order valence-corrected chi connectivity index (χ1v) is 3.88. The highest BCUT2D eigenvalue weighted by atomic mass is 19.1. The van der Waals surface area contributed by atoms with Crippen LogP contribution in [0.5, 0.6) is 5.75 Å². The van der Waals surface area contributed by atoms with Gasteiger partial charge in [-0.2, -0.15) is 4.39 Å². The van der Waals surface area contributed by atoms with Crippen molar-refractivity contribution in [2.45, 2.75) is 19.4 Å². The van der Waals surface area contributed by atoms with Gasteiger partial charge >= 0.3 is 0 Å². The summed E-state index contributed by atoms with van der Waals surface area (Å²) in [5.74, 6) is -0.711. The number of methoxy groups -OCH3 is 1. The Morgan fingerprint density at radius 2 is 2.15 bits per heavy atom. The number of aromatic nitrogens is 1. The van der Waals surface area contributed by atoms with Gasteiger partial charge in [0.2, 0.25) is 0 Å². The number of ether oxygens (including phenoxy) is 1. The summed E-state index contributed by atoms with van der Waals surface area (Å²) in [7, 11) is 1.34. The molecule has 0 aliphatic heterocycles. The summed E-state index contributed by atoms with van der Waals surface area (Å²) < 4.78 is 17.8. The molecule has 4 heteroatoms. The smallest absolute Gasteiger partial charge is 0.255 e. The quantitative estimate of drug-likeness (QED) is 0.709. The van der Waals surface area contributed by atoms with Gasteiger partial charge in [-0.15, -0.1) is 0 Å². The summed E-state index contributed by atoms with van der Waals surface area (Å²) in [6, 6.07) is 1.53. The van der Waals surface area contributed by atoms with Crippen LogP contribution in [-0.2, 0) is 5.60 Å². The highest BCUT2D eigenvalue weighted by Crippen LogP contribution is 2.30. The molecule has 0 atom stereocenters. The zero-order chi connectivity index (χ0) is 10.1. The number of aliphatic hydroxyl groups is 1. The second kappa shape index (κ2) is 3.30. The van der Waals surface area contributed by atoms with Gasteiger partial charge in [0.05, 0.1) is 12.7 Å². The van der Waals surface area contributed by atoms with Crippen LogP contribution in [0.1, 0.15) is 19.4 Å². The molecule has 0 radical (unpaired) electrons. The van der Waals surface area contributed by atoms with E-state index in [0.29, 0.717) is 5.56 Å². The summed E-state index contributed by atoms with van der Waals surface area (Å²) in [5.41, 5.74) is -0.739. The van der Waals surface area contributed by atoms with Crippen LogP contribution in [0.2, 0.25) is 0 Å². The molecule has 1 aromatic heterocycles. The lowest BCUT2D eigenvalue weighted by molar-refractivity contribution is 0.0746. The molecule has 72 valence electrons. The van der Waals surface area contributed by atoms with Crippen LogP contribution < -0.4 is 4.74 Å². The van der Waals surface area contributed by atoms with E-state index in [1.165, 1.54) is 19.4 Å². The third kappa shape index (κ3) is 1.95. The fourth-order valence-electron chi connectivity index (χ4n) is 1.10. The normalized spacial score (nSPS) is 11.5. The monoisotopic (exact) mass is 185 g/mol. The van der Waals surface area contributed by atoms with Gasteiger partial charge in [-0.1, -0.05) is 0 Å². The minimum absolute atomic E-state index is 0.00463. The number of halogens is 1. The molecule has 0 bridgehead atoms. The van der Waals surface area contributed by atoms with Crippen molar-refractivity contribution in [3.8, 4) is 5.75 Å². The van der Waals surface area contributed by atoms with Gasteiger partial charge in [-0.25, -0.2) is 4.98 Å². The van der Waals surface area contributed by atoms with Crippen LogP contribution >= 0.6 is 0 Å². The minimum atomic E-state index is -1.13. The molecule has 0 amide bonds. The Labute approximate surface area is 76.2 Å². The van der Waals surface area contributed by atoms with E-state index in [4.69, 9.17) is 4.74 Å². The second-order valence-corrected chi connectivity index (χ2v) is 3.24. The lowest BCUT2D eigenvalue weighted by Gasteiger charge is -2.20. The highest BCUT2D eigenvalue weighted by Gasteiger charge is 2.23. The number of hydrogen-bond acceptors (Lipinski definition) is 3. The molecule has 0 saturated heterocycles. The predicted molar refractivity (Wildman–Crippen MR) is 46.0 cm³/mol. The average molecular weight is 185 g/mol. The van der Waals surface area contributed by atoms with E-state index in [-0.39, 0.29) is 5.75 Å². The van der Waals surface area contributed by atoms with Crippen molar-refractivity contribution >= 4 is 0 Å². The van der Waals surface area contributed by atoms with Crippen LogP contribution in [0.4, 0.5) is 4.39 Å². The molecule has 0 aromatic carbocycles. The summed E-state index contributed by atoms with van der Waals surface area (Å²) in [6.07, 6.45) is 1.30. The molecule has 1 heterocycles. The highest BCUT2D eigenvalue weighted by molar-refractivity contribution is 5.35. The van der Waals surface area contributed by atoms with Gasteiger partial charge in [0.15, 0.2) is 5.75 Å². The van der Waals surface area contributed by atoms with Crippen LogP contribution in [0, 0.1) is 5.95 Å². The van der Waals surface area contributed by atoms with Crippen molar-refractivity contribution in [1.82, 2.24) is 4.98 Å². The first kappa shape index (κ1) is 9.92. The molecule has 0 aliphatic carbocycles. The maximum Gasteiger partial charge on any atom is 0.255 e. The van der Waals surface area contributed by atoms with Crippen molar-refractivity contribution < 1.29 is 14.2 Å². The fraction of sp³-hybridized carbons (Fsp3) is 0.444. The minimum Gasteiger partial charge on any atom is -0.492 e. The standard InChI is InChI=1S/C9H12FNO2/c1-9(2,12)6-4-5-11-8(10)7(6)13-3/h4-5,12H,1-3H3. The maximum atomic E-state index is 13.0. The fourth-order valence-corrected chi connectivity index (χ4v) is 1.10. The van der Waals surface area contributed by atoms with Gasteiger partial charge in [0.1, 0.15) is 0 Å². The Kier molecular flexibility index (Phi) is 2.52. The zero-order valence-electron chi connectivity index (χ0n) is 7.84. The summed E-state index contributed by atoms with van der Waals surface area (Å²) in [6.45, 7) is 3.12. The van der Waals surface area contributed by atoms with Crippen LogP contribution in [0.25, 0.3) is 0 Å². The molecule has 0 aliphatic rings. The van der Waals surface area contributed by atoms with Gasteiger partial charge in [-0.05, 0) is 19.9 Å². The van der Waals surface area contributed by atoms with Gasteiger partial charge in [-0.3, -0.25) is 0 Å². The van der Waals surface area contributed by atoms with E-state index in [1.807, 2.05) is 0 Å². The van der Waals surface area contributed by atoms with Crippen molar-refractivity contribution in [2.75, 3.05) is 7.11 Å². The Bertz CT molecular complexity index is 307. The summed E-state index contributed by atoms with van der Waals surface area (Å²) in [4.78, 5) is 3.42. The van der Waals surface area contributed by atoms with E-state index >= 15 is 0 Å². The van der Waals surface area contributed by atoms with Gasteiger partial charge < -0.3 is 9.84 Å². The van der Waals surface area contributed by atoms with E-state index in [2.05, 4.69) is 4.98 Å². The Balaban J connectivity index is 3.29. The number of pyridine rings is 1.